The number of nitrogens with zero attached hydrogens (tertiary/aromatic N) is 2. The Bertz CT molecular complexity index is 3620. The topological polar surface area (TPSA) is 364 Å². The predicted octanol–water partition coefficient (Wildman–Crippen LogP) is 9.60. The van der Waals surface area contributed by atoms with Crippen molar-refractivity contribution in [3.8, 4) is 28.7 Å². The normalized spacial score (nSPS) is 11.2. The molecule has 0 saturated carbocycles. The number of amides is 5. The molecule has 1 atom stereocenters. The second-order valence-electron chi connectivity index (χ2n) is 18.8. The number of carbonyl (C=O) groups excluding carboxylic acids is 4. The molecule has 0 fully saturated rings. The first-order valence-electron chi connectivity index (χ1n) is 27.7. The lowest BCUT2D eigenvalue weighted by Crippen LogP contribution is -2.41. The number of hydrogen-bond acceptors (Lipinski definition) is 16. The third kappa shape index (κ3) is 20.7. The number of phenols is 1. The van der Waals surface area contributed by atoms with Crippen LogP contribution in [0.15, 0.2) is 97.3 Å². The highest BCUT2D eigenvalue weighted by molar-refractivity contribution is 6.09. The number of nitrogens with two attached hydrogens (primary N) is 3. The molecule has 0 spiro atoms. The molecule has 23 nitrogen and oxygen atoms in total. The molecule has 0 radical (unpaired) electrons. The van der Waals surface area contributed by atoms with E-state index in [0.29, 0.717) is 109 Å². The number of phenolic OH excluding ortho intramolecular Hbond substituents is 1. The number of fused-ring (bicyclic) bond motifs is 2. The summed E-state index contributed by atoms with van der Waals surface area (Å²) in [6.45, 7) is 16.4. The summed E-state index contributed by atoms with van der Waals surface area (Å²) >= 11 is 0. The molecule has 0 saturated heterocycles. The lowest BCUT2D eigenvalue weighted by molar-refractivity contribution is -0.193. The molecule has 29 heteroatoms. The number of benzene rings is 5. The van der Waals surface area contributed by atoms with Crippen LogP contribution in [-0.4, -0.2) is 112 Å². The number of alkyl halides is 6. The maximum Gasteiger partial charge on any atom is 0.490 e. The molecule has 90 heavy (non-hydrogen) atoms. The van der Waals surface area contributed by atoms with Gasteiger partial charge in [-0.25, -0.2) is 14.4 Å². The summed E-state index contributed by atoms with van der Waals surface area (Å²) in [6.07, 6.45) is -6.26. The molecule has 0 bridgehead atoms. The lowest BCUT2D eigenvalue weighted by Gasteiger charge is -2.20. The van der Waals surface area contributed by atoms with E-state index in [1.165, 1.54) is 12.4 Å². The van der Waals surface area contributed by atoms with Gasteiger partial charge < -0.3 is 78.1 Å². The minimum absolute atomic E-state index is 0.157. The van der Waals surface area contributed by atoms with E-state index < -0.39 is 42.1 Å². The minimum atomic E-state index is -5.08. The number of ether oxygens (including phenoxy) is 4. The van der Waals surface area contributed by atoms with Gasteiger partial charge in [-0.1, -0.05) is 43.3 Å². The standard InChI is InChI=1S/C32H37N5O5.C25H31N5O4.2C2HF3O2/c1-4-22-20(17-36-32(40)25(33)14-19-10-12-21(38)13-11-19)8-7-9-26(22)37-30-23-15-28(41-5-2)29(42-6-3)16-27(23)35-18-24(30)31(34)39;1-5-27-25(32)29-13-16-9-8-10-19(15(16)4)30-23-17-11-21(33-6-2)22(34-7-3)12-20(17)28-14-18(23)24(26)31;2*3-2(4,5)1(6)7/h7-13,15-16,18,25,38H,4-6,14,17,33H2,1-3H3,(H2,34,39)(H,35,37)(H,36,40);8-12,14H,5-7,13H2,1-4H3,(H2,26,31)(H,28,30)(H2,27,29,32);2*(H,6,7)/t25-;;;/m0.../s1. The summed E-state index contributed by atoms with van der Waals surface area (Å²) in [7, 11) is 0. The van der Waals surface area contributed by atoms with Gasteiger partial charge in [0.2, 0.25) is 5.91 Å². The quantitative estimate of drug-likeness (QED) is 0.0265. The highest BCUT2D eigenvalue weighted by atomic mass is 19.4. The molecular weight excluding hydrogens is 1190 g/mol. The summed E-state index contributed by atoms with van der Waals surface area (Å²) in [6, 6.07) is 24.3. The van der Waals surface area contributed by atoms with Gasteiger partial charge in [0.05, 0.1) is 66.0 Å². The third-order valence-corrected chi connectivity index (χ3v) is 12.6. The van der Waals surface area contributed by atoms with E-state index in [0.717, 1.165) is 39.2 Å². The van der Waals surface area contributed by atoms with E-state index in [9.17, 15) is 50.6 Å². The van der Waals surface area contributed by atoms with Gasteiger partial charge in [0.25, 0.3) is 11.8 Å². The number of aliphatic carboxylic acids is 2. The zero-order valence-electron chi connectivity index (χ0n) is 50.0. The monoisotopic (exact) mass is 1260 g/mol. The average molecular weight is 1270 g/mol. The number of carboxylic acid groups (broad SMARTS) is 2. The Kier molecular flexibility index (Phi) is 27.0. The zero-order valence-corrected chi connectivity index (χ0v) is 50.0. The summed E-state index contributed by atoms with van der Waals surface area (Å²) in [4.78, 5) is 76.0. The average Bonchev–Trinajstić information content (AvgIpc) is 0.925. The first-order valence-corrected chi connectivity index (χ1v) is 27.7. The van der Waals surface area contributed by atoms with Crippen LogP contribution >= 0.6 is 0 Å². The largest absolute Gasteiger partial charge is 0.508 e. The number of primary amides is 2. The Morgan fingerprint density at radius 1 is 0.578 bits per heavy atom. The van der Waals surface area contributed by atoms with E-state index in [1.807, 2.05) is 84.9 Å². The van der Waals surface area contributed by atoms with Crippen molar-refractivity contribution in [1.82, 2.24) is 25.9 Å². The van der Waals surface area contributed by atoms with E-state index in [2.05, 4.69) is 36.6 Å². The number of pyridine rings is 2. The van der Waals surface area contributed by atoms with Gasteiger partial charge in [0, 0.05) is 66.3 Å². The second kappa shape index (κ2) is 33.7. The van der Waals surface area contributed by atoms with Gasteiger partial charge in [-0.15, -0.1) is 0 Å². The van der Waals surface area contributed by atoms with Gasteiger partial charge >= 0.3 is 30.3 Å². The van der Waals surface area contributed by atoms with Gasteiger partial charge in [0.15, 0.2) is 23.0 Å². The first kappa shape index (κ1) is 72.2. The maximum absolute atomic E-state index is 12.8. The van der Waals surface area contributed by atoms with Crippen molar-refractivity contribution < 1.29 is 89.4 Å². The highest BCUT2D eigenvalue weighted by Crippen LogP contribution is 2.40. The summed E-state index contributed by atoms with van der Waals surface area (Å²) in [5.41, 5.74) is 26.5. The Hall–Kier alpha value is -10.3. The Labute approximate surface area is 512 Å². The molecule has 0 aliphatic heterocycles. The van der Waals surface area contributed by atoms with Gasteiger partial charge in [-0.05, 0) is 119 Å². The molecule has 0 aliphatic carbocycles. The molecule has 7 rings (SSSR count). The molecule has 0 unspecified atom stereocenters. The SMILES string of the molecule is CCNC(=O)NCc1cccc(Nc2c(C(N)=O)cnc3cc(OCC)c(OCC)cc23)c1C.CCOc1cc2ncc(C(N)=O)c(Nc3cccc(CNC(=O)[C@@H](N)Cc4ccc(O)cc4)c3CC)c2cc1OCC.O=C(O)C(F)(F)F.O=C(O)C(F)(F)F. The fourth-order valence-electron chi connectivity index (χ4n) is 8.42. The van der Waals surface area contributed by atoms with Gasteiger partial charge in [-0.3, -0.25) is 24.4 Å². The second-order valence-corrected chi connectivity index (χ2v) is 18.8. The molecule has 7 aromatic rings. The van der Waals surface area contributed by atoms with Crippen molar-refractivity contribution in [3.05, 3.63) is 136 Å². The van der Waals surface area contributed by atoms with Crippen molar-refractivity contribution in [2.75, 3.05) is 43.6 Å². The highest BCUT2D eigenvalue weighted by Gasteiger charge is 2.39. The third-order valence-electron chi connectivity index (χ3n) is 12.6. The van der Waals surface area contributed by atoms with Crippen LogP contribution in [0.25, 0.3) is 21.8 Å². The smallest absolute Gasteiger partial charge is 0.490 e. The lowest BCUT2D eigenvalue weighted by atomic mass is 10.0. The predicted molar refractivity (Wildman–Crippen MR) is 324 cm³/mol. The van der Waals surface area contributed by atoms with Gasteiger partial charge in [-0.2, -0.15) is 26.3 Å². The summed E-state index contributed by atoms with van der Waals surface area (Å²) < 4.78 is 86.5. The van der Waals surface area contributed by atoms with Crippen molar-refractivity contribution in [2.45, 2.75) is 92.8 Å². The Balaban J connectivity index is 0.000000321. The van der Waals surface area contributed by atoms with Crippen molar-refractivity contribution in [3.63, 3.8) is 0 Å². The van der Waals surface area contributed by atoms with E-state index >= 15 is 0 Å². The van der Waals surface area contributed by atoms with Crippen molar-refractivity contribution >= 4 is 80.2 Å². The number of anilines is 4. The van der Waals surface area contributed by atoms with Crippen LogP contribution in [0.5, 0.6) is 28.7 Å². The van der Waals surface area contributed by atoms with Crippen LogP contribution in [0.4, 0.5) is 53.9 Å². The van der Waals surface area contributed by atoms with E-state index in [-0.39, 0.29) is 35.4 Å². The first-order chi connectivity index (χ1) is 42.5. The number of nitrogens with one attached hydrogen (secondary N) is 5. The van der Waals surface area contributed by atoms with Crippen LogP contribution in [-0.2, 0) is 40.3 Å². The van der Waals surface area contributed by atoms with Crippen LogP contribution in [0.2, 0.25) is 0 Å². The molecule has 2 heterocycles. The molecular formula is C61H70F6N10O13. The van der Waals surface area contributed by atoms with Crippen molar-refractivity contribution in [1.29, 1.82) is 0 Å². The maximum atomic E-state index is 12.8. The number of carbonyl (C=O) groups is 6. The van der Waals surface area contributed by atoms with Crippen LogP contribution < -0.4 is 62.7 Å². The fraction of sp³-hybridized carbons (Fsp3) is 0.311. The number of hydrogen-bond donors (Lipinski definition) is 11. The number of aromatic hydroxyl groups is 1. The Morgan fingerprint density at radius 2 is 0.989 bits per heavy atom. The van der Waals surface area contributed by atoms with Crippen LogP contribution in [0.1, 0.15) is 90.1 Å². The van der Waals surface area contributed by atoms with Crippen LogP contribution in [0, 0.1) is 6.92 Å². The minimum Gasteiger partial charge on any atom is -0.508 e. The number of carboxylic acids is 2. The molecule has 2 aromatic heterocycles. The van der Waals surface area contributed by atoms with E-state index in [1.54, 1.807) is 48.5 Å². The molecule has 0 aliphatic rings. The number of urea groups is 1. The molecule has 5 amide bonds. The number of halogens is 6. The fourth-order valence-corrected chi connectivity index (χ4v) is 8.42. The molecule has 484 valence electrons. The van der Waals surface area contributed by atoms with Crippen LogP contribution in [0.3, 0.4) is 0 Å². The molecule has 5 aromatic carbocycles. The number of rotatable bonds is 23. The van der Waals surface area contributed by atoms with Gasteiger partial charge in [0.1, 0.15) is 5.75 Å². The van der Waals surface area contributed by atoms with E-state index in [4.69, 9.17) is 56.0 Å². The number of aromatic nitrogens is 2. The Morgan fingerprint density at radius 3 is 1.40 bits per heavy atom. The van der Waals surface area contributed by atoms with Crippen molar-refractivity contribution in [2.24, 2.45) is 17.2 Å². The summed E-state index contributed by atoms with van der Waals surface area (Å²) in [5, 5.41) is 40.4. The summed E-state index contributed by atoms with van der Waals surface area (Å²) in [5.74, 6) is -4.63. The zero-order chi connectivity index (χ0) is 67.0. The molecule has 14 N–H and O–H groups in total.